The van der Waals surface area contributed by atoms with E-state index in [4.69, 9.17) is 9.47 Å². The van der Waals surface area contributed by atoms with Gasteiger partial charge in [-0.25, -0.2) is 0 Å². The van der Waals surface area contributed by atoms with Gasteiger partial charge >= 0.3 is 0 Å². The monoisotopic (exact) mass is 313 g/mol. The fourth-order valence-corrected chi connectivity index (χ4v) is 2.30. The summed E-state index contributed by atoms with van der Waals surface area (Å²) in [6.07, 6.45) is 1.20. The summed E-state index contributed by atoms with van der Waals surface area (Å²) < 4.78 is 10.9. The first-order chi connectivity index (χ1) is 11.2. The van der Waals surface area contributed by atoms with Crippen LogP contribution in [0.1, 0.15) is 18.9 Å². The zero-order chi connectivity index (χ0) is 16.5. The van der Waals surface area contributed by atoms with Gasteiger partial charge in [0.1, 0.15) is 11.5 Å². The Bertz CT molecular complexity index is 613. The molecule has 0 radical (unpaired) electrons. The van der Waals surface area contributed by atoms with E-state index in [-0.39, 0.29) is 5.91 Å². The minimum absolute atomic E-state index is 0.103. The molecule has 4 heteroatoms. The van der Waals surface area contributed by atoms with Crippen LogP contribution in [-0.2, 0) is 11.2 Å². The Hall–Kier alpha value is -2.49. The number of hydrogen-bond donors (Lipinski definition) is 1. The Kier molecular flexibility index (Phi) is 6.48. The maximum absolute atomic E-state index is 12.0. The number of carbonyl (C=O) groups excluding carboxylic acids is 1. The van der Waals surface area contributed by atoms with E-state index in [9.17, 15) is 4.79 Å². The van der Waals surface area contributed by atoms with Crippen molar-refractivity contribution in [2.75, 3.05) is 13.7 Å². The van der Waals surface area contributed by atoms with Crippen LogP contribution in [0.3, 0.4) is 0 Å². The van der Waals surface area contributed by atoms with Crippen molar-refractivity contribution in [2.45, 2.75) is 25.9 Å². The van der Waals surface area contributed by atoms with Gasteiger partial charge in [0.15, 0.2) is 6.10 Å². The van der Waals surface area contributed by atoms with Gasteiger partial charge in [0.2, 0.25) is 0 Å². The molecule has 0 aliphatic heterocycles. The number of aryl methyl sites for hydroxylation is 1. The van der Waals surface area contributed by atoms with Crippen LogP contribution in [0.25, 0.3) is 0 Å². The third-order valence-electron chi connectivity index (χ3n) is 3.54. The van der Waals surface area contributed by atoms with E-state index in [2.05, 4.69) is 5.32 Å². The van der Waals surface area contributed by atoms with E-state index in [1.807, 2.05) is 54.6 Å². The molecule has 2 aromatic carbocycles. The van der Waals surface area contributed by atoms with Gasteiger partial charge in [-0.2, -0.15) is 0 Å². The van der Waals surface area contributed by atoms with E-state index in [1.54, 1.807) is 14.0 Å². The van der Waals surface area contributed by atoms with E-state index < -0.39 is 6.10 Å². The van der Waals surface area contributed by atoms with Crippen molar-refractivity contribution in [1.82, 2.24) is 5.32 Å². The van der Waals surface area contributed by atoms with Crippen molar-refractivity contribution in [3.05, 3.63) is 60.2 Å². The van der Waals surface area contributed by atoms with Gasteiger partial charge < -0.3 is 14.8 Å². The van der Waals surface area contributed by atoms with Crippen LogP contribution in [0.4, 0.5) is 0 Å². The number of nitrogens with one attached hydrogen (secondary N) is 1. The van der Waals surface area contributed by atoms with Crippen LogP contribution in [0, 0.1) is 0 Å². The van der Waals surface area contributed by atoms with Gasteiger partial charge in [0.25, 0.3) is 5.91 Å². The zero-order valence-electron chi connectivity index (χ0n) is 13.6. The van der Waals surface area contributed by atoms with Crippen molar-refractivity contribution >= 4 is 5.91 Å². The Morgan fingerprint density at radius 3 is 2.52 bits per heavy atom. The molecule has 0 fully saturated rings. The van der Waals surface area contributed by atoms with Crippen molar-refractivity contribution in [3.63, 3.8) is 0 Å². The lowest BCUT2D eigenvalue weighted by molar-refractivity contribution is -0.127. The second-order valence-corrected chi connectivity index (χ2v) is 5.28. The van der Waals surface area contributed by atoms with Crippen LogP contribution < -0.4 is 14.8 Å². The van der Waals surface area contributed by atoms with Crippen LogP contribution in [0.2, 0.25) is 0 Å². The molecular formula is C19H23NO3. The van der Waals surface area contributed by atoms with Crippen LogP contribution in [0.15, 0.2) is 54.6 Å². The molecule has 0 spiro atoms. The predicted octanol–water partition coefficient (Wildman–Crippen LogP) is 3.21. The topological polar surface area (TPSA) is 47.6 Å². The Labute approximate surface area is 137 Å². The summed E-state index contributed by atoms with van der Waals surface area (Å²) in [7, 11) is 1.67. The minimum atomic E-state index is -0.510. The molecule has 0 aliphatic rings. The molecule has 0 aliphatic carbocycles. The first-order valence-corrected chi connectivity index (χ1v) is 7.82. The van der Waals surface area contributed by atoms with Gasteiger partial charge in [-0.3, -0.25) is 4.79 Å². The number of rotatable bonds is 8. The number of benzene rings is 2. The highest BCUT2D eigenvalue weighted by atomic mass is 16.5. The Balaban J connectivity index is 1.72. The molecule has 122 valence electrons. The molecule has 0 heterocycles. The van der Waals surface area contributed by atoms with Gasteiger partial charge in [-0.15, -0.1) is 0 Å². The Morgan fingerprint density at radius 2 is 1.78 bits per heavy atom. The summed E-state index contributed by atoms with van der Waals surface area (Å²) in [6.45, 7) is 2.36. The molecular weight excluding hydrogens is 290 g/mol. The summed E-state index contributed by atoms with van der Waals surface area (Å²) >= 11 is 0. The molecule has 2 rings (SSSR count). The van der Waals surface area contributed by atoms with Crippen molar-refractivity contribution in [3.8, 4) is 11.5 Å². The third-order valence-corrected chi connectivity index (χ3v) is 3.54. The predicted molar refractivity (Wildman–Crippen MR) is 90.9 cm³/mol. The molecule has 0 bridgehead atoms. The maximum Gasteiger partial charge on any atom is 0.260 e. The second kappa shape index (κ2) is 8.83. The van der Waals surface area contributed by atoms with Gasteiger partial charge in [0.05, 0.1) is 7.11 Å². The van der Waals surface area contributed by atoms with E-state index in [1.165, 1.54) is 0 Å². The fourth-order valence-electron chi connectivity index (χ4n) is 2.30. The van der Waals surface area contributed by atoms with Crippen molar-refractivity contribution in [1.29, 1.82) is 0 Å². The van der Waals surface area contributed by atoms with E-state index in [0.29, 0.717) is 12.3 Å². The standard InChI is InChI=1S/C19H23NO3/c1-15(23-17-11-4-3-5-12-17)19(21)20-14-8-10-16-9-6-7-13-18(16)22-2/h3-7,9,11-13,15H,8,10,14H2,1-2H3,(H,20,21)/t15-/m0/s1. The summed E-state index contributed by atoms with van der Waals surface area (Å²) in [5.74, 6) is 1.48. The first kappa shape index (κ1) is 16.9. The molecule has 0 saturated heterocycles. The molecule has 1 atom stereocenters. The SMILES string of the molecule is COc1ccccc1CCCNC(=O)[C@H](C)Oc1ccccc1. The van der Waals surface area contributed by atoms with Gasteiger partial charge in [-0.05, 0) is 43.5 Å². The molecule has 23 heavy (non-hydrogen) atoms. The molecule has 4 nitrogen and oxygen atoms in total. The summed E-state index contributed by atoms with van der Waals surface area (Å²) in [5.41, 5.74) is 1.15. The average molecular weight is 313 g/mol. The number of para-hydroxylation sites is 2. The number of carbonyl (C=O) groups is 1. The lowest BCUT2D eigenvalue weighted by atomic mass is 10.1. The van der Waals surface area contributed by atoms with Crippen molar-refractivity contribution < 1.29 is 14.3 Å². The van der Waals surface area contributed by atoms with E-state index in [0.717, 1.165) is 24.2 Å². The van der Waals surface area contributed by atoms with Gasteiger partial charge in [0, 0.05) is 6.54 Å². The summed E-state index contributed by atoms with van der Waals surface area (Å²) in [4.78, 5) is 12.0. The number of ether oxygens (including phenoxy) is 2. The minimum Gasteiger partial charge on any atom is -0.496 e. The molecule has 2 aromatic rings. The zero-order valence-corrected chi connectivity index (χ0v) is 13.6. The highest BCUT2D eigenvalue weighted by molar-refractivity contribution is 5.80. The third kappa shape index (κ3) is 5.33. The highest BCUT2D eigenvalue weighted by Gasteiger charge is 2.13. The lowest BCUT2D eigenvalue weighted by Gasteiger charge is -2.14. The maximum atomic E-state index is 12.0. The smallest absolute Gasteiger partial charge is 0.260 e. The number of amides is 1. The average Bonchev–Trinajstić information content (AvgIpc) is 2.59. The van der Waals surface area contributed by atoms with Gasteiger partial charge in [-0.1, -0.05) is 36.4 Å². The number of methoxy groups -OCH3 is 1. The lowest BCUT2D eigenvalue weighted by Crippen LogP contribution is -2.36. The largest absolute Gasteiger partial charge is 0.496 e. The molecule has 1 N–H and O–H groups in total. The first-order valence-electron chi connectivity index (χ1n) is 7.82. The number of hydrogen-bond acceptors (Lipinski definition) is 3. The molecule has 0 aromatic heterocycles. The Morgan fingerprint density at radius 1 is 1.09 bits per heavy atom. The normalized spacial score (nSPS) is 11.6. The fraction of sp³-hybridized carbons (Fsp3) is 0.316. The highest BCUT2D eigenvalue weighted by Crippen LogP contribution is 2.18. The quantitative estimate of drug-likeness (QED) is 0.761. The van der Waals surface area contributed by atoms with Crippen LogP contribution >= 0.6 is 0 Å². The molecule has 0 unspecified atom stereocenters. The van der Waals surface area contributed by atoms with E-state index >= 15 is 0 Å². The molecule has 1 amide bonds. The van der Waals surface area contributed by atoms with Crippen molar-refractivity contribution in [2.24, 2.45) is 0 Å². The second-order valence-electron chi connectivity index (χ2n) is 5.28. The molecule has 0 saturated carbocycles. The summed E-state index contributed by atoms with van der Waals surface area (Å²) in [5, 5.41) is 2.91. The van der Waals surface area contributed by atoms with Crippen LogP contribution in [0.5, 0.6) is 11.5 Å². The van der Waals surface area contributed by atoms with Crippen LogP contribution in [-0.4, -0.2) is 25.7 Å². The summed E-state index contributed by atoms with van der Waals surface area (Å²) in [6, 6.07) is 17.3.